The van der Waals surface area contributed by atoms with Crippen LogP contribution in [0.3, 0.4) is 0 Å². The van der Waals surface area contributed by atoms with Crippen LogP contribution in [-0.2, 0) is 0 Å². The standard InChI is InChI=1S/C13H9Cl2N3O3/c14-9-3-1-7(5-11(9)16)13(19)17-12-6-8(18(20)21)2-4-10(12)15/h1-6H,16H2,(H,17,19). The maximum Gasteiger partial charge on any atom is 0.271 e. The first-order chi connectivity index (χ1) is 9.88. The molecule has 0 aliphatic rings. The SMILES string of the molecule is Nc1cc(C(=O)Nc2cc([N+](=O)[O-])ccc2Cl)ccc1Cl. The summed E-state index contributed by atoms with van der Waals surface area (Å²) in [5.41, 5.74) is 6.11. The van der Waals surface area contributed by atoms with E-state index in [0.717, 1.165) is 0 Å². The normalized spacial score (nSPS) is 10.2. The first kappa shape index (κ1) is 15.1. The Labute approximate surface area is 129 Å². The van der Waals surface area contributed by atoms with Gasteiger partial charge in [-0.05, 0) is 24.3 Å². The van der Waals surface area contributed by atoms with Gasteiger partial charge in [-0.15, -0.1) is 0 Å². The zero-order valence-corrected chi connectivity index (χ0v) is 12.0. The topological polar surface area (TPSA) is 98.3 Å². The summed E-state index contributed by atoms with van der Waals surface area (Å²) in [6.45, 7) is 0. The van der Waals surface area contributed by atoms with Crippen LogP contribution < -0.4 is 11.1 Å². The van der Waals surface area contributed by atoms with Crippen molar-refractivity contribution < 1.29 is 9.72 Å². The summed E-state index contributed by atoms with van der Waals surface area (Å²) in [6.07, 6.45) is 0. The number of rotatable bonds is 3. The Morgan fingerprint density at radius 3 is 2.43 bits per heavy atom. The molecule has 0 radical (unpaired) electrons. The number of nitro benzene ring substituents is 1. The third kappa shape index (κ3) is 3.42. The Balaban J connectivity index is 2.28. The van der Waals surface area contributed by atoms with Crippen LogP contribution in [0, 0.1) is 10.1 Å². The van der Waals surface area contributed by atoms with Crippen molar-refractivity contribution in [3.05, 3.63) is 62.1 Å². The number of benzene rings is 2. The van der Waals surface area contributed by atoms with Crippen LogP contribution in [0.2, 0.25) is 10.0 Å². The van der Waals surface area contributed by atoms with Crippen LogP contribution in [0.5, 0.6) is 0 Å². The lowest BCUT2D eigenvalue weighted by Gasteiger charge is -2.08. The van der Waals surface area contributed by atoms with Crippen LogP contribution in [0.1, 0.15) is 10.4 Å². The summed E-state index contributed by atoms with van der Waals surface area (Å²) in [5.74, 6) is -0.499. The first-order valence-corrected chi connectivity index (χ1v) is 6.44. The van der Waals surface area contributed by atoms with E-state index in [-0.39, 0.29) is 27.6 Å². The number of nitrogens with one attached hydrogen (secondary N) is 1. The highest BCUT2D eigenvalue weighted by atomic mass is 35.5. The van der Waals surface area contributed by atoms with Gasteiger partial charge in [0, 0.05) is 17.7 Å². The summed E-state index contributed by atoms with van der Waals surface area (Å²) in [7, 11) is 0. The molecule has 108 valence electrons. The van der Waals surface area contributed by atoms with E-state index in [0.29, 0.717) is 5.02 Å². The molecule has 0 bridgehead atoms. The molecule has 0 unspecified atom stereocenters. The number of carbonyl (C=O) groups is 1. The Kier molecular flexibility index (Phi) is 4.30. The molecule has 1 amide bonds. The van der Waals surface area contributed by atoms with E-state index in [2.05, 4.69) is 5.32 Å². The molecule has 0 atom stereocenters. The van der Waals surface area contributed by atoms with E-state index in [1.165, 1.54) is 36.4 Å². The number of anilines is 2. The smallest absolute Gasteiger partial charge is 0.271 e. The zero-order chi connectivity index (χ0) is 15.6. The number of non-ortho nitro benzene ring substituents is 1. The van der Waals surface area contributed by atoms with Crippen LogP contribution in [-0.4, -0.2) is 10.8 Å². The molecule has 0 heterocycles. The fraction of sp³-hybridized carbons (Fsp3) is 0. The summed E-state index contributed by atoms with van der Waals surface area (Å²) >= 11 is 11.7. The lowest BCUT2D eigenvalue weighted by Crippen LogP contribution is -2.12. The van der Waals surface area contributed by atoms with E-state index in [1.807, 2.05) is 0 Å². The molecule has 2 aromatic rings. The van der Waals surface area contributed by atoms with Gasteiger partial charge < -0.3 is 11.1 Å². The lowest BCUT2D eigenvalue weighted by atomic mass is 10.2. The molecule has 2 aromatic carbocycles. The molecule has 0 spiro atoms. The lowest BCUT2D eigenvalue weighted by molar-refractivity contribution is -0.384. The monoisotopic (exact) mass is 325 g/mol. The zero-order valence-electron chi connectivity index (χ0n) is 10.5. The number of hydrogen-bond acceptors (Lipinski definition) is 4. The van der Waals surface area contributed by atoms with Crippen molar-refractivity contribution in [3.8, 4) is 0 Å². The van der Waals surface area contributed by atoms with Crippen LogP contribution in [0.15, 0.2) is 36.4 Å². The fourth-order valence-corrected chi connectivity index (χ4v) is 1.88. The number of nitrogen functional groups attached to an aromatic ring is 1. The van der Waals surface area contributed by atoms with Crippen molar-refractivity contribution >= 4 is 46.2 Å². The average molecular weight is 326 g/mol. The average Bonchev–Trinajstić information content (AvgIpc) is 2.43. The van der Waals surface area contributed by atoms with Crippen molar-refractivity contribution in [3.63, 3.8) is 0 Å². The van der Waals surface area contributed by atoms with Gasteiger partial charge in [0.15, 0.2) is 0 Å². The largest absolute Gasteiger partial charge is 0.398 e. The van der Waals surface area contributed by atoms with Crippen molar-refractivity contribution in [2.75, 3.05) is 11.1 Å². The van der Waals surface area contributed by atoms with Gasteiger partial charge in [0.2, 0.25) is 0 Å². The van der Waals surface area contributed by atoms with Gasteiger partial charge in [-0.3, -0.25) is 14.9 Å². The van der Waals surface area contributed by atoms with E-state index in [1.54, 1.807) is 0 Å². The predicted octanol–water partition coefficient (Wildman–Crippen LogP) is 3.74. The predicted molar refractivity (Wildman–Crippen MR) is 81.9 cm³/mol. The second kappa shape index (κ2) is 5.99. The molecule has 0 aliphatic heterocycles. The number of amides is 1. The van der Waals surface area contributed by atoms with Gasteiger partial charge in [0.05, 0.1) is 26.3 Å². The molecular formula is C13H9Cl2N3O3. The van der Waals surface area contributed by atoms with Crippen LogP contribution >= 0.6 is 23.2 Å². The van der Waals surface area contributed by atoms with Gasteiger partial charge in [0.25, 0.3) is 11.6 Å². The third-order valence-electron chi connectivity index (χ3n) is 2.67. The minimum atomic E-state index is -0.577. The Morgan fingerprint density at radius 2 is 1.81 bits per heavy atom. The minimum Gasteiger partial charge on any atom is -0.398 e. The summed E-state index contributed by atoms with van der Waals surface area (Å²) in [5, 5.41) is 13.7. The molecule has 2 rings (SSSR count). The number of nitrogens with zero attached hydrogens (tertiary/aromatic N) is 1. The molecular weight excluding hydrogens is 317 g/mol. The Bertz CT molecular complexity index is 735. The van der Waals surface area contributed by atoms with Crippen molar-refractivity contribution in [1.82, 2.24) is 0 Å². The summed E-state index contributed by atoms with van der Waals surface area (Å²) in [4.78, 5) is 22.2. The third-order valence-corrected chi connectivity index (χ3v) is 3.34. The molecule has 0 aromatic heterocycles. The number of nitrogens with two attached hydrogens (primary N) is 1. The highest BCUT2D eigenvalue weighted by Gasteiger charge is 2.13. The van der Waals surface area contributed by atoms with Crippen molar-refractivity contribution in [1.29, 1.82) is 0 Å². The maximum absolute atomic E-state index is 12.1. The van der Waals surface area contributed by atoms with Crippen molar-refractivity contribution in [2.45, 2.75) is 0 Å². The van der Waals surface area contributed by atoms with Crippen LogP contribution in [0.25, 0.3) is 0 Å². The molecule has 0 aliphatic carbocycles. The molecule has 3 N–H and O–H groups in total. The van der Waals surface area contributed by atoms with Gasteiger partial charge in [-0.1, -0.05) is 23.2 Å². The molecule has 8 heteroatoms. The number of halogens is 2. The Hall–Kier alpha value is -2.31. The maximum atomic E-state index is 12.1. The van der Waals surface area contributed by atoms with Crippen molar-refractivity contribution in [2.24, 2.45) is 0 Å². The summed E-state index contributed by atoms with van der Waals surface area (Å²) < 4.78 is 0. The van der Waals surface area contributed by atoms with Gasteiger partial charge in [-0.25, -0.2) is 0 Å². The highest BCUT2D eigenvalue weighted by molar-refractivity contribution is 6.34. The van der Waals surface area contributed by atoms with Gasteiger partial charge in [-0.2, -0.15) is 0 Å². The van der Waals surface area contributed by atoms with Gasteiger partial charge in [0.1, 0.15) is 0 Å². The van der Waals surface area contributed by atoms with E-state index < -0.39 is 10.8 Å². The molecule has 21 heavy (non-hydrogen) atoms. The molecule has 0 fully saturated rings. The first-order valence-electron chi connectivity index (χ1n) is 5.69. The molecule has 6 nitrogen and oxygen atoms in total. The minimum absolute atomic E-state index is 0.143. The Morgan fingerprint density at radius 1 is 1.14 bits per heavy atom. The molecule has 0 saturated heterocycles. The number of hydrogen-bond donors (Lipinski definition) is 2. The van der Waals surface area contributed by atoms with E-state index in [4.69, 9.17) is 28.9 Å². The second-order valence-corrected chi connectivity index (χ2v) is 4.93. The van der Waals surface area contributed by atoms with E-state index in [9.17, 15) is 14.9 Å². The highest BCUT2D eigenvalue weighted by Crippen LogP contribution is 2.27. The quantitative estimate of drug-likeness (QED) is 0.510. The van der Waals surface area contributed by atoms with Gasteiger partial charge >= 0.3 is 0 Å². The fourth-order valence-electron chi connectivity index (χ4n) is 1.60. The number of nitro groups is 1. The van der Waals surface area contributed by atoms with E-state index >= 15 is 0 Å². The second-order valence-electron chi connectivity index (χ2n) is 4.11. The van der Waals surface area contributed by atoms with Crippen LogP contribution in [0.4, 0.5) is 17.1 Å². The molecule has 0 saturated carbocycles. The summed E-state index contributed by atoms with van der Waals surface area (Å²) in [6, 6.07) is 8.15. The number of carbonyl (C=O) groups excluding carboxylic acids is 1.